The number of methoxy groups -OCH3 is 1. The lowest BCUT2D eigenvalue weighted by molar-refractivity contribution is -0.118. The third-order valence-corrected chi connectivity index (χ3v) is 7.02. The molecule has 0 saturated carbocycles. The lowest BCUT2D eigenvalue weighted by Crippen LogP contribution is -2.20. The molecule has 3 N–H and O–H groups in total. The van der Waals surface area contributed by atoms with Crippen molar-refractivity contribution in [1.82, 2.24) is 10.4 Å². The number of aromatic nitrogens is 1. The second-order valence-electron chi connectivity index (χ2n) is 9.41. The van der Waals surface area contributed by atoms with Crippen LogP contribution in [0.5, 0.6) is 11.5 Å². The van der Waals surface area contributed by atoms with E-state index in [1.54, 1.807) is 55.6 Å². The SMILES string of the molecule is COc1ccccc1NC(=O)COc1ccc(/C=N/NC(=O)c2ccc(-c3csc(Nc4ccc(C)cc4)n3)cc2)cc1. The lowest BCUT2D eigenvalue weighted by Gasteiger charge is -2.10. The number of nitrogens with zero attached hydrogens (tertiary/aromatic N) is 2. The molecule has 0 bridgehead atoms. The van der Waals surface area contributed by atoms with E-state index >= 15 is 0 Å². The summed E-state index contributed by atoms with van der Waals surface area (Å²) < 4.78 is 10.8. The fourth-order valence-electron chi connectivity index (χ4n) is 3.98. The van der Waals surface area contributed by atoms with Crippen LogP contribution in [0, 0.1) is 6.92 Å². The zero-order valence-electron chi connectivity index (χ0n) is 23.5. The highest BCUT2D eigenvalue weighted by atomic mass is 32.1. The molecule has 1 aromatic heterocycles. The van der Waals surface area contributed by atoms with Gasteiger partial charge in [-0.25, -0.2) is 10.4 Å². The Labute approximate surface area is 253 Å². The monoisotopic (exact) mass is 591 g/mol. The maximum Gasteiger partial charge on any atom is 0.271 e. The van der Waals surface area contributed by atoms with Gasteiger partial charge in [0.25, 0.3) is 11.8 Å². The summed E-state index contributed by atoms with van der Waals surface area (Å²) >= 11 is 1.52. The number of anilines is 3. The van der Waals surface area contributed by atoms with E-state index in [0.717, 1.165) is 27.6 Å². The van der Waals surface area contributed by atoms with Gasteiger partial charge in [0, 0.05) is 22.2 Å². The number of ether oxygens (including phenoxy) is 2. The number of carbonyl (C=O) groups is 2. The van der Waals surface area contributed by atoms with E-state index in [9.17, 15) is 9.59 Å². The van der Waals surface area contributed by atoms with Crippen molar-refractivity contribution in [2.75, 3.05) is 24.4 Å². The first-order valence-corrected chi connectivity index (χ1v) is 14.2. The molecule has 4 aromatic carbocycles. The number of hydrogen-bond acceptors (Lipinski definition) is 8. The van der Waals surface area contributed by atoms with Crippen molar-refractivity contribution < 1.29 is 19.1 Å². The highest BCUT2D eigenvalue weighted by molar-refractivity contribution is 7.14. The average molecular weight is 592 g/mol. The molecule has 0 atom stereocenters. The standard InChI is InChI=1S/C33H29N5O4S/c1-22-7-15-26(16-8-22)35-33-37-29(21-43-33)24-11-13-25(14-12-24)32(40)38-34-19-23-9-17-27(18-10-23)42-20-31(39)36-28-5-3-4-6-30(28)41-2/h3-19,21H,20H2,1-2H3,(H,35,37)(H,36,39)(H,38,40)/b34-19+. The number of hydrazone groups is 1. The predicted octanol–water partition coefficient (Wildman–Crippen LogP) is 6.65. The molecular formula is C33H29N5O4S. The van der Waals surface area contributed by atoms with Gasteiger partial charge in [0.15, 0.2) is 11.7 Å². The molecule has 0 fully saturated rings. The summed E-state index contributed by atoms with van der Waals surface area (Å²) in [6, 6.07) is 29.5. The summed E-state index contributed by atoms with van der Waals surface area (Å²) in [5.74, 6) is 0.455. The Morgan fingerprint density at radius 2 is 1.67 bits per heavy atom. The highest BCUT2D eigenvalue weighted by Crippen LogP contribution is 2.27. The summed E-state index contributed by atoms with van der Waals surface area (Å²) in [5, 5.41) is 12.9. The van der Waals surface area contributed by atoms with Crippen molar-refractivity contribution in [2.45, 2.75) is 6.92 Å². The molecule has 9 nitrogen and oxygen atoms in total. The fourth-order valence-corrected chi connectivity index (χ4v) is 4.72. The van der Waals surface area contributed by atoms with Crippen molar-refractivity contribution in [3.05, 3.63) is 119 Å². The van der Waals surface area contributed by atoms with E-state index < -0.39 is 0 Å². The number of para-hydroxylation sites is 2. The second kappa shape index (κ2) is 13.9. The van der Waals surface area contributed by atoms with E-state index in [-0.39, 0.29) is 18.4 Å². The van der Waals surface area contributed by atoms with Gasteiger partial charge in [-0.2, -0.15) is 5.10 Å². The molecule has 0 unspecified atom stereocenters. The van der Waals surface area contributed by atoms with Gasteiger partial charge in [0.1, 0.15) is 11.5 Å². The van der Waals surface area contributed by atoms with Gasteiger partial charge in [0.05, 0.1) is 24.7 Å². The van der Waals surface area contributed by atoms with Gasteiger partial charge in [-0.1, -0.05) is 42.0 Å². The van der Waals surface area contributed by atoms with Crippen molar-refractivity contribution in [2.24, 2.45) is 5.10 Å². The Kier molecular flexibility index (Phi) is 9.40. The Hall–Kier alpha value is -5.48. The van der Waals surface area contributed by atoms with Crippen LogP contribution in [-0.4, -0.2) is 36.7 Å². The normalized spacial score (nSPS) is 10.7. The average Bonchev–Trinajstić information content (AvgIpc) is 3.50. The third-order valence-electron chi connectivity index (χ3n) is 6.26. The number of thiazole rings is 1. The lowest BCUT2D eigenvalue weighted by atomic mass is 10.1. The zero-order chi connectivity index (χ0) is 30.0. The molecule has 10 heteroatoms. The zero-order valence-corrected chi connectivity index (χ0v) is 24.4. The van der Waals surface area contributed by atoms with Crippen LogP contribution in [0.1, 0.15) is 21.5 Å². The first kappa shape index (κ1) is 29.0. The van der Waals surface area contributed by atoms with Gasteiger partial charge in [-0.15, -0.1) is 11.3 Å². The first-order valence-electron chi connectivity index (χ1n) is 13.4. The molecule has 0 aliphatic rings. The number of amides is 2. The Balaban J connectivity index is 1.08. The first-order chi connectivity index (χ1) is 21.0. The van der Waals surface area contributed by atoms with Gasteiger partial charge in [0.2, 0.25) is 0 Å². The number of rotatable bonds is 11. The number of nitrogens with one attached hydrogen (secondary N) is 3. The molecule has 5 rings (SSSR count). The number of carbonyl (C=O) groups excluding carboxylic acids is 2. The summed E-state index contributed by atoms with van der Waals surface area (Å²) in [6.07, 6.45) is 1.53. The van der Waals surface area contributed by atoms with Crippen molar-refractivity contribution >= 4 is 45.9 Å². The van der Waals surface area contributed by atoms with Gasteiger partial charge in [-0.3, -0.25) is 9.59 Å². The van der Waals surface area contributed by atoms with Crippen molar-refractivity contribution in [3.63, 3.8) is 0 Å². The predicted molar refractivity (Wildman–Crippen MR) is 171 cm³/mol. The Morgan fingerprint density at radius 1 is 0.930 bits per heavy atom. The Morgan fingerprint density at radius 3 is 2.42 bits per heavy atom. The minimum atomic E-state index is -0.330. The second-order valence-corrected chi connectivity index (χ2v) is 10.3. The van der Waals surface area contributed by atoms with Crippen molar-refractivity contribution in [1.29, 1.82) is 0 Å². The Bertz CT molecular complexity index is 1720. The maximum atomic E-state index is 12.6. The van der Waals surface area contributed by atoms with Crippen LogP contribution in [0.2, 0.25) is 0 Å². The molecule has 0 radical (unpaired) electrons. The molecule has 216 valence electrons. The molecule has 43 heavy (non-hydrogen) atoms. The summed E-state index contributed by atoms with van der Waals surface area (Å²) in [7, 11) is 1.54. The molecular weight excluding hydrogens is 562 g/mol. The number of benzene rings is 4. The molecule has 5 aromatic rings. The van der Waals surface area contributed by atoms with E-state index in [0.29, 0.717) is 22.7 Å². The van der Waals surface area contributed by atoms with Crippen LogP contribution in [0.25, 0.3) is 11.3 Å². The highest BCUT2D eigenvalue weighted by Gasteiger charge is 2.09. The van der Waals surface area contributed by atoms with Crippen LogP contribution < -0.4 is 25.5 Å². The summed E-state index contributed by atoms with van der Waals surface area (Å²) in [6.45, 7) is 1.89. The largest absolute Gasteiger partial charge is 0.495 e. The maximum absolute atomic E-state index is 12.6. The topological polar surface area (TPSA) is 114 Å². The van der Waals surface area contributed by atoms with Crippen LogP contribution in [0.4, 0.5) is 16.5 Å². The van der Waals surface area contributed by atoms with Crippen LogP contribution in [0.3, 0.4) is 0 Å². The molecule has 1 heterocycles. The molecule has 0 aliphatic heterocycles. The minimum absolute atomic E-state index is 0.158. The van der Waals surface area contributed by atoms with Gasteiger partial charge in [-0.05, 0) is 73.2 Å². The molecule has 0 aliphatic carbocycles. The number of aryl methyl sites for hydroxylation is 1. The van der Waals surface area contributed by atoms with E-state index in [1.165, 1.54) is 23.1 Å². The van der Waals surface area contributed by atoms with E-state index in [1.807, 2.05) is 60.8 Å². The minimum Gasteiger partial charge on any atom is -0.495 e. The fraction of sp³-hybridized carbons (Fsp3) is 0.0909. The molecule has 0 spiro atoms. The van der Waals surface area contributed by atoms with Crippen LogP contribution in [0.15, 0.2) is 108 Å². The molecule has 2 amide bonds. The van der Waals surface area contributed by atoms with Crippen LogP contribution in [-0.2, 0) is 4.79 Å². The van der Waals surface area contributed by atoms with E-state index in [4.69, 9.17) is 9.47 Å². The quantitative estimate of drug-likeness (QED) is 0.117. The van der Waals surface area contributed by atoms with E-state index in [2.05, 4.69) is 26.1 Å². The van der Waals surface area contributed by atoms with Gasteiger partial charge >= 0.3 is 0 Å². The van der Waals surface area contributed by atoms with Gasteiger partial charge < -0.3 is 20.1 Å². The third kappa shape index (κ3) is 8.05. The summed E-state index contributed by atoms with van der Waals surface area (Å²) in [4.78, 5) is 29.5. The number of hydrogen-bond donors (Lipinski definition) is 3. The smallest absolute Gasteiger partial charge is 0.271 e. The summed E-state index contributed by atoms with van der Waals surface area (Å²) in [5.41, 5.74) is 8.26. The van der Waals surface area contributed by atoms with Crippen molar-refractivity contribution in [3.8, 4) is 22.8 Å². The van der Waals surface area contributed by atoms with Crippen LogP contribution >= 0.6 is 11.3 Å². The molecule has 0 saturated heterocycles.